The summed E-state index contributed by atoms with van der Waals surface area (Å²) < 4.78 is 38.1. The molecule has 0 saturated heterocycles. The molecule has 0 aliphatic rings. The van der Waals surface area contributed by atoms with Gasteiger partial charge in [-0.3, -0.25) is 4.79 Å². The van der Waals surface area contributed by atoms with E-state index in [0.717, 1.165) is 16.0 Å². The van der Waals surface area contributed by atoms with Crippen LogP contribution in [0.15, 0.2) is 52.4 Å². The van der Waals surface area contributed by atoms with Gasteiger partial charge in [0, 0.05) is 13.0 Å². The van der Waals surface area contributed by atoms with Crippen LogP contribution in [0, 0.1) is 0 Å². The van der Waals surface area contributed by atoms with Crippen LogP contribution >= 0.6 is 11.3 Å². The lowest BCUT2D eigenvalue weighted by Crippen LogP contribution is -2.17. The van der Waals surface area contributed by atoms with Gasteiger partial charge in [0.1, 0.15) is 11.5 Å². The molecule has 154 valence electrons. The zero-order chi connectivity index (χ0) is 21.0. The SMILES string of the molecule is CCn1c(=NC(=O)CCS(=O)(=O)c2ccc(OC)cc2)sc2cc(OC)ccc21. The van der Waals surface area contributed by atoms with E-state index in [-0.39, 0.29) is 17.1 Å². The predicted molar refractivity (Wildman–Crippen MR) is 112 cm³/mol. The van der Waals surface area contributed by atoms with Crippen molar-refractivity contribution in [2.24, 2.45) is 4.99 Å². The van der Waals surface area contributed by atoms with Gasteiger partial charge in [-0.15, -0.1) is 0 Å². The third-order valence-corrected chi connectivity index (χ3v) is 7.20. The maximum Gasteiger partial charge on any atom is 0.249 e. The van der Waals surface area contributed by atoms with Gasteiger partial charge in [-0.05, 0) is 49.4 Å². The normalized spacial score (nSPS) is 12.3. The number of amides is 1. The first kappa shape index (κ1) is 21.1. The third kappa shape index (κ3) is 4.68. The quantitative estimate of drug-likeness (QED) is 0.570. The van der Waals surface area contributed by atoms with Gasteiger partial charge in [0.2, 0.25) is 5.91 Å². The van der Waals surface area contributed by atoms with E-state index in [1.54, 1.807) is 19.2 Å². The van der Waals surface area contributed by atoms with E-state index in [9.17, 15) is 13.2 Å². The Bertz CT molecular complexity index is 1190. The number of hydrogen-bond acceptors (Lipinski definition) is 6. The molecule has 1 aromatic heterocycles. The number of methoxy groups -OCH3 is 2. The molecule has 0 aliphatic carbocycles. The largest absolute Gasteiger partial charge is 0.497 e. The standard InChI is InChI=1S/C20H22N2O5S2/c1-4-22-17-10-7-15(27-3)13-18(17)28-20(22)21-19(23)11-12-29(24,25)16-8-5-14(26-2)6-9-16/h5-10,13H,4,11-12H2,1-3H3. The van der Waals surface area contributed by atoms with Crippen LogP contribution in [0.2, 0.25) is 0 Å². The number of sulfone groups is 1. The zero-order valence-electron chi connectivity index (χ0n) is 16.4. The number of nitrogens with zero attached hydrogens (tertiary/aromatic N) is 2. The number of ether oxygens (including phenoxy) is 2. The Kier molecular flexibility index (Phi) is 6.39. The smallest absolute Gasteiger partial charge is 0.249 e. The second kappa shape index (κ2) is 8.79. The summed E-state index contributed by atoms with van der Waals surface area (Å²) in [6.07, 6.45) is -0.185. The predicted octanol–water partition coefficient (Wildman–Crippen LogP) is 3.03. The lowest BCUT2D eigenvalue weighted by atomic mass is 10.3. The molecule has 29 heavy (non-hydrogen) atoms. The Balaban J connectivity index is 1.81. The Morgan fingerprint density at radius 3 is 2.34 bits per heavy atom. The van der Waals surface area contributed by atoms with Gasteiger partial charge in [0.25, 0.3) is 0 Å². The fraction of sp³-hybridized carbons (Fsp3) is 0.300. The summed E-state index contributed by atoms with van der Waals surface area (Å²) in [5.41, 5.74) is 0.954. The molecular weight excluding hydrogens is 412 g/mol. The van der Waals surface area contributed by atoms with Crippen molar-refractivity contribution in [3.63, 3.8) is 0 Å². The molecule has 0 radical (unpaired) electrons. The molecule has 0 atom stereocenters. The molecule has 0 saturated carbocycles. The topological polar surface area (TPSA) is 87.0 Å². The maximum absolute atomic E-state index is 12.5. The monoisotopic (exact) mass is 434 g/mol. The van der Waals surface area contributed by atoms with E-state index in [1.807, 2.05) is 29.7 Å². The molecule has 7 nitrogen and oxygen atoms in total. The number of aromatic nitrogens is 1. The minimum atomic E-state index is -3.58. The number of carbonyl (C=O) groups is 1. The molecule has 0 aliphatic heterocycles. The molecule has 9 heteroatoms. The Hall–Kier alpha value is -2.65. The van der Waals surface area contributed by atoms with Crippen molar-refractivity contribution in [3.8, 4) is 11.5 Å². The number of thiazole rings is 1. The van der Waals surface area contributed by atoms with E-state index in [1.165, 1.54) is 30.6 Å². The van der Waals surface area contributed by atoms with Crippen molar-refractivity contribution in [2.45, 2.75) is 24.8 Å². The maximum atomic E-state index is 12.5. The zero-order valence-corrected chi connectivity index (χ0v) is 18.0. The molecule has 0 fully saturated rings. The summed E-state index contributed by atoms with van der Waals surface area (Å²) in [5.74, 6) is 0.529. The van der Waals surface area contributed by atoms with Gasteiger partial charge >= 0.3 is 0 Å². The van der Waals surface area contributed by atoms with Crippen molar-refractivity contribution in [1.82, 2.24) is 4.57 Å². The number of carbonyl (C=O) groups excluding carboxylic acids is 1. The number of aryl methyl sites for hydroxylation is 1. The van der Waals surface area contributed by atoms with E-state index in [0.29, 0.717) is 17.1 Å². The van der Waals surface area contributed by atoms with Crippen molar-refractivity contribution < 1.29 is 22.7 Å². The minimum absolute atomic E-state index is 0.156. The third-order valence-electron chi connectivity index (χ3n) is 4.43. The van der Waals surface area contributed by atoms with Crippen LogP contribution in [-0.2, 0) is 21.2 Å². The van der Waals surface area contributed by atoms with Gasteiger partial charge in [-0.2, -0.15) is 4.99 Å². The Labute approximate surface area is 173 Å². The van der Waals surface area contributed by atoms with Crippen LogP contribution in [0.5, 0.6) is 11.5 Å². The first-order chi connectivity index (χ1) is 13.9. The van der Waals surface area contributed by atoms with E-state index < -0.39 is 15.7 Å². The van der Waals surface area contributed by atoms with Gasteiger partial charge in [-0.25, -0.2) is 8.42 Å². The summed E-state index contributed by atoms with van der Waals surface area (Å²) in [4.78, 5) is 17.2. The van der Waals surface area contributed by atoms with Crippen LogP contribution in [0.4, 0.5) is 0 Å². The highest BCUT2D eigenvalue weighted by molar-refractivity contribution is 7.91. The van der Waals surface area contributed by atoms with Crippen LogP contribution in [-0.4, -0.2) is 38.9 Å². The van der Waals surface area contributed by atoms with Gasteiger partial charge in [0.05, 0.1) is 35.1 Å². The molecule has 0 unspecified atom stereocenters. The van der Waals surface area contributed by atoms with Gasteiger partial charge < -0.3 is 14.0 Å². The highest BCUT2D eigenvalue weighted by Gasteiger charge is 2.17. The van der Waals surface area contributed by atoms with Gasteiger partial charge in [0.15, 0.2) is 14.6 Å². The Morgan fingerprint density at radius 1 is 1.07 bits per heavy atom. The Morgan fingerprint density at radius 2 is 1.72 bits per heavy atom. The first-order valence-corrected chi connectivity index (χ1v) is 11.5. The fourth-order valence-corrected chi connectivity index (χ4v) is 5.23. The average Bonchev–Trinajstić information content (AvgIpc) is 3.08. The molecule has 0 spiro atoms. The van der Waals surface area contributed by atoms with Crippen molar-refractivity contribution in [2.75, 3.05) is 20.0 Å². The summed E-state index contributed by atoms with van der Waals surface area (Å²) in [6, 6.07) is 11.8. The van der Waals surface area contributed by atoms with E-state index >= 15 is 0 Å². The number of rotatable bonds is 7. The molecular formula is C20H22N2O5S2. The first-order valence-electron chi connectivity index (χ1n) is 8.99. The highest BCUT2D eigenvalue weighted by atomic mass is 32.2. The second-order valence-corrected chi connectivity index (χ2v) is 9.33. The van der Waals surface area contributed by atoms with E-state index in [2.05, 4.69) is 4.99 Å². The van der Waals surface area contributed by atoms with E-state index in [4.69, 9.17) is 9.47 Å². The minimum Gasteiger partial charge on any atom is -0.497 e. The number of benzene rings is 2. The number of fused-ring (bicyclic) bond motifs is 1. The highest BCUT2D eigenvalue weighted by Crippen LogP contribution is 2.23. The average molecular weight is 435 g/mol. The second-order valence-electron chi connectivity index (χ2n) is 6.21. The van der Waals surface area contributed by atoms with Crippen LogP contribution in [0.1, 0.15) is 13.3 Å². The number of hydrogen-bond donors (Lipinski definition) is 0. The molecule has 3 aromatic rings. The molecule has 1 amide bonds. The van der Waals surface area contributed by atoms with Crippen molar-refractivity contribution >= 4 is 37.3 Å². The molecule has 2 aromatic carbocycles. The molecule has 1 heterocycles. The summed E-state index contributed by atoms with van der Waals surface area (Å²) in [7, 11) is -0.470. The molecule has 3 rings (SSSR count). The van der Waals surface area contributed by atoms with Crippen LogP contribution in [0.3, 0.4) is 0 Å². The van der Waals surface area contributed by atoms with Crippen molar-refractivity contribution in [3.05, 3.63) is 47.3 Å². The van der Waals surface area contributed by atoms with Crippen LogP contribution in [0.25, 0.3) is 10.2 Å². The summed E-state index contributed by atoms with van der Waals surface area (Å²) in [5, 5.41) is 0. The molecule has 0 N–H and O–H groups in total. The van der Waals surface area contributed by atoms with Gasteiger partial charge in [-0.1, -0.05) is 11.3 Å². The lowest BCUT2D eigenvalue weighted by Gasteiger charge is -2.04. The summed E-state index contributed by atoms with van der Waals surface area (Å²) >= 11 is 1.37. The fourth-order valence-electron chi connectivity index (χ4n) is 2.86. The van der Waals surface area contributed by atoms with Crippen molar-refractivity contribution in [1.29, 1.82) is 0 Å². The van der Waals surface area contributed by atoms with Crippen LogP contribution < -0.4 is 14.3 Å². The lowest BCUT2D eigenvalue weighted by molar-refractivity contribution is -0.117. The molecule has 0 bridgehead atoms. The summed E-state index contributed by atoms with van der Waals surface area (Å²) in [6.45, 7) is 2.61.